The first kappa shape index (κ1) is 33.4. The molecule has 2 aromatic carbocycles. The van der Waals surface area contributed by atoms with Crippen molar-refractivity contribution in [3.8, 4) is 5.69 Å². The van der Waals surface area contributed by atoms with Crippen molar-refractivity contribution in [2.45, 2.75) is 78.3 Å². The zero-order valence-electron chi connectivity index (χ0n) is 26.3. The SMILES string of the molecule is CCCCN(CCCC)C(=O)c1cc(C)n(-c2ccc(NC(=O)CCC(=O)O)cc2C(=O)N2Cc3ccccc3CC2CO)n1. The molecule has 240 valence electrons. The van der Waals surface area contributed by atoms with E-state index in [1.165, 1.54) is 0 Å². The molecule has 1 aliphatic heterocycles. The predicted octanol–water partition coefficient (Wildman–Crippen LogP) is 4.59. The number of carbonyl (C=O) groups is 4. The summed E-state index contributed by atoms with van der Waals surface area (Å²) in [6.07, 6.45) is 3.65. The molecule has 11 heteroatoms. The van der Waals surface area contributed by atoms with Gasteiger partial charge in [-0.2, -0.15) is 5.10 Å². The first-order chi connectivity index (χ1) is 21.7. The van der Waals surface area contributed by atoms with Crippen molar-refractivity contribution < 1.29 is 29.4 Å². The number of amides is 3. The Morgan fingerprint density at radius 3 is 2.31 bits per heavy atom. The highest BCUT2D eigenvalue weighted by molar-refractivity contribution is 6.01. The molecule has 0 fully saturated rings. The Morgan fingerprint density at radius 1 is 0.978 bits per heavy atom. The molecule has 3 aromatic rings. The number of unbranched alkanes of at least 4 members (excludes halogenated alkanes) is 2. The number of carbonyl (C=O) groups excluding carboxylic acids is 3. The maximum Gasteiger partial charge on any atom is 0.303 e. The normalized spacial score (nSPS) is 14.1. The second kappa shape index (κ2) is 15.5. The number of carboxylic acids is 1. The lowest BCUT2D eigenvalue weighted by Gasteiger charge is -2.36. The van der Waals surface area contributed by atoms with Gasteiger partial charge in [0.05, 0.1) is 30.3 Å². The second-order valence-corrected chi connectivity index (χ2v) is 11.5. The number of aromatic nitrogens is 2. The van der Waals surface area contributed by atoms with Crippen LogP contribution in [0.4, 0.5) is 5.69 Å². The summed E-state index contributed by atoms with van der Waals surface area (Å²) in [5, 5.41) is 26.6. The molecule has 0 radical (unpaired) electrons. The fourth-order valence-corrected chi connectivity index (χ4v) is 5.55. The summed E-state index contributed by atoms with van der Waals surface area (Å²) in [5.74, 6) is -2.11. The molecule has 1 aliphatic rings. The van der Waals surface area contributed by atoms with Crippen LogP contribution < -0.4 is 5.32 Å². The predicted molar refractivity (Wildman–Crippen MR) is 170 cm³/mol. The van der Waals surface area contributed by atoms with Crippen LogP contribution in [0, 0.1) is 6.92 Å². The summed E-state index contributed by atoms with van der Waals surface area (Å²) < 4.78 is 1.57. The van der Waals surface area contributed by atoms with Crippen LogP contribution in [-0.4, -0.2) is 79.2 Å². The van der Waals surface area contributed by atoms with E-state index >= 15 is 0 Å². The molecule has 0 saturated carbocycles. The van der Waals surface area contributed by atoms with Crippen LogP contribution in [0.3, 0.4) is 0 Å². The van der Waals surface area contributed by atoms with Crippen molar-refractivity contribution in [1.29, 1.82) is 0 Å². The zero-order valence-corrected chi connectivity index (χ0v) is 26.3. The fourth-order valence-electron chi connectivity index (χ4n) is 5.55. The van der Waals surface area contributed by atoms with Crippen molar-refractivity contribution in [1.82, 2.24) is 19.6 Å². The summed E-state index contributed by atoms with van der Waals surface area (Å²) >= 11 is 0. The highest BCUT2D eigenvalue weighted by Crippen LogP contribution is 2.29. The third kappa shape index (κ3) is 8.16. The summed E-state index contributed by atoms with van der Waals surface area (Å²) in [6.45, 7) is 7.32. The minimum absolute atomic E-state index is 0.165. The van der Waals surface area contributed by atoms with E-state index in [2.05, 4.69) is 24.3 Å². The van der Waals surface area contributed by atoms with Gasteiger partial charge in [0.25, 0.3) is 11.8 Å². The third-order valence-corrected chi connectivity index (χ3v) is 8.09. The van der Waals surface area contributed by atoms with Gasteiger partial charge >= 0.3 is 5.97 Å². The number of aliphatic hydroxyl groups is 1. The van der Waals surface area contributed by atoms with Gasteiger partial charge in [0.2, 0.25) is 5.91 Å². The minimum Gasteiger partial charge on any atom is -0.481 e. The van der Waals surface area contributed by atoms with Gasteiger partial charge in [-0.1, -0.05) is 51.0 Å². The Balaban J connectivity index is 1.73. The van der Waals surface area contributed by atoms with E-state index in [9.17, 15) is 24.3 Å². The lowest BCUT2D eigenvalue weighted by atomic mass is 9.93. The number of anilines is 1. The third-order valence-electron chi connectivity index (χ3n) is 8.09. The molecule has 0 saturated heterocycles. The summed E-state index contributed by atoms with van der Waals surface area (Å²) in [5.41, 5.74) is 3.96. The summed E-state index contributed by atoms with van der Waals surface area (Å²) in [6, 6.07) is 13.9. The fraction of sp³-hybridized carbons (Fsp3) is 0.441. The van der Waals surface area contributed by atoms with Crippen LogP contribution in [0.1, 0.15) is 90.0 Å². The number of hydrogen-bond acceptors (Lipinski definition) is 6. The van der Waals surface area contributed by atoms with Crippen molar-refractivity contribution in [2.75, 3.05) is 25.0 Å². The average Bonchev–Trinajstić information content (AvgIpc) is 3.43. The lowest BCUT2D eigenvalue weighted by Crippen LogP contribution is -2.46. The van der Waals surface area contributed by atoms with Crippen molar-refractivity contribution >= 4 is 29.4 Å². The van der Waals surface area contributed by atoms with Crippen LogP contribution in [0.15, 0.2) is 48.5 Å². The Bertz CT molecular complexity index is 1520. The smallest absolute Gasteiger partial charge is 0.303 e. The highest BCUT2D eigenvalue weighted by atomic mass is 16.4. The summed E-state index contributed by atoms with van der Waals surface area (Å²) in [4.78, 5) is 54.8. The zero-order chi connectivity index (χ0) is 32.5. The molecule has 0 bridgehead atoms. The summed E-state index contributed by atoms with van der Waals surface area (Å²) in [7, 11) is 0. The van der Waals surface area contributed by atoms with Crippen LogP contribution in [0.25, 0.3) is 5.69 Å². The molecule has 45 heavy (non-hydrogen) atoms. The largest absolute Gasteiger partial charge is 0.481 e. The first-order valence-electron chi connectivity index (χ1n) is 15.7. The molecular weight excluding hydrogens is 574 g/mol. The van der Waals surface area contributed by atoms with Gasteiger partial charge < -0.3 is 25.3 Å². The number of hydrogen-bond donors (Lipinski definition) is 3. The number of aryl methyl sites for hydroxylation is 1. The number of nitrogens with zero attached hydrogens (tertiary/aromatic N) is 4. The second-order valence-electron chi connectivity index (χ2n) is 11.5. The molecule has 1 unspecified atom stereocenters. The maximum atomic E-state index is 14.3. The maximum absolute atomic E-state index is 14.3. The van der Waals surface area contributed by atoms with Crippen LogP contribution in [0.5, 0.6) is 0 Å². The molecule has 3 amide bonds. The molecular formula is C34H43N5O6. The Hall–Kier alpha value is -4.51. The molecule has 1 atom stereocenters. The molecule has 1 aromatic heterocycles. The Kier molecular flexibility index (Phi) is 11.5. The van der Waals surface area contributed by atoms with Gasteiger partial charge in [-0.05, 0) is 61.6 Å². The van der Waals surface area contributed by atoms with E-state index in [0.717, 1.165) is 36.8 Å². The average molecular weight is 618 g/mol. The van der Waals surface area contributed by atoms with Gasteiger partial charge in [-0.15, -0.1) is 0 Å². The quantitative estimate of drug-likeness (QED) is 0.240. The van der Waals surface area contributed by atoms with E-state index in [-0.39, 0.29) is 42.5 Å². The number of aliphatic carboxylic acids is 1. The number of nitrogens with one attached hydrogen (secondary N) is 1. The Morgan fingerprint density at radius 2 is 1.67 bits per heavy atom. The topological polar surface area (TPSA) is 145 Å². The number of rotatable bonds is 14. The van der Waals surface area contributed by atoms with Crippen molar-refractivity contribution in [3.63, 3.8) is 0 Å². The molecule has 2 heterocycles. The van der Waals surface area contributed by atoms with E-state index in [1.54, 1.807) is 33.8 Å². The monoisotopic (exact) mass is 617 g/mol. The molecule has 0 aliphatic carbocycles. The Labute approximate surface area is 263 Å². The highest BCUT2D eigenvalue weighted by Gasteiger charge is 2.32. The van der Waals surface area contributed by atoms with Gasteiger partial charge in [-0.3, -0.25) is 19.2 Å². The molecule has 0 spiro atoms. The number of fused-ring (bicyclic) bond motifs is 1. The van der Waals surface area contributed by atoms with Crippen LogP contribution in [-0.2, 0) is 22.6 Å². The molecule has 11 nitrogen and oxygen atoms in total. The van der Waals surface area contributed by atoms with E-state index in [0.29, 0.717) is 43.1 Å². The number of carboxylic acid groups (broad SMARTS) is 1. The van der Waals surface area contributed by atoms with Crippen molar-refractivity contribution in [2.24, 2.45) is 0 Å². The van der Waals surface area contributed by atoms with E-state index in [1.807, 2.05) is 36.1 Å². The van der Waals surface area contributed by atoms with Crippen molar-refractivity contribution in [3.05, 3.63) is 76.6 Å². The molecule has 4 rings (SSSR count). The number of aliphatic hydroxyl groups excluding tert-OH is 1. The minimum atomic E-state index is -1.08. The van der Waals surface area contributed by atoms with Gasteiger partial charge in [0.1, 0.15) is 0 Å². The van der Waals surface area contributed by atoms with E-state index in [4.69, 9.17) is 5.11 Å². The molecule has 3 N–H and O–H groups in total. The van der Waals surface area contributed by atoms with Crippen LogP contribution in [0.2, 0.25) is 0 Å². The van der Waals surface area contributed by atoms with E-state index < -0.39 is 17.9 Å². The standard InChI is InChI=1S/C34H43N5O6/c1-4-6-16-37(17-7-5-2)34(45)29-18-23(3)39(36-29)30-13-12-26(35-31(41)14-15-32(42)43)20-28(30)33(44)38-21-25-11-9-8-10-24(25)19-27(38)22-40/h8-13,18,20,27,40H,4-7,14-17,19,21-22H2,1-3H3,(H,35,41)(H,42,43). The number of benzene rings is 2. The first-order valence-corrected chi connectivity index (χ1v) is 15.7. The lowest BCUT2D eigenvalue weighted by molar-refractivity contribution is -0.138. The van der Waals surface area contributed by atoms with Gasteiger partial charge in [0.15, 0.2) is 5.69 Å². The van der Waals surface area contributed by atoms with Gasteiger partial charge in [0, 0.05) is 37.4 Å². The van der Waals surface area contributed by atoms with Crippen LogP contribution >= 0.6 is 0 Å². The van der Waals surface area contributed by atoms with Gasteiger partial charge in [-0.25, -0.2) is 4.68 Å².